The summed E-state index contributed by atoms with van der Waals surface area (Å²) in [4.78, 5) is 0. The molecule has 0 aromatic carbocycles. The zero-order valence-electron chi connectivity index (χ0n) is 11.2. The summed E-state index contributed by atoms with van der Waals surface area (Å²) in [5.74, 6) is 1.81. The van der Waals surface area contributed by atoms with Crippen molar-refractivity contribution in [2.24, 2.45) is 13.0 Å². The highest BCUT2D eigenvalue weighted by molar-refractivity contribution is 5.43. The van der Waals surface area contributed by atoms with Gasteiger partial charge in [-0.25, -0.2) is 0 Å². The Labute approximate surface area is 104 Å². The Morgan fingerprint density at radius 2 is 2.00 bits per heavy atom. The van der Waals surface area contributed by atoms with Crippen LogP contribution in [0, 0.1) is 5.92 Å². The zero-order valence-corrected chi connectivity index (χ0v) is 11.2. The van der Waals surface area contributed by atoms with E-state index in [9.17, 15) is 0 Å². The van der Waals surface area contributed by atoms with E-state index in [-0.39, 0.29) is 0 Å². The highest BCUT2D eigenvalue weighted by Gasteiger charge is 2.18. The van der Waals surface area contributed by atoms with E-state index >= 15 is 0 Å². The smallest absolute Gasteiger partial charge is 0.124 e. The van der Waals surface area contributed by atoms with Gasteiger partial charge >= 0.3 is 0 Å². The third-order valence-corrected chi connectivity index (χ3v) is 4.04. The summed E-state index contributed by atoms with van der Waals surface area (Å²) in [6, 6.07) is 0. The van der Waals surface area contributed by atoms with Gasteiger partial charge in [0.05, 0.1) is 5.69 Å². The van der Waals surface area contributed by atoms with Gasteiger partial charge in [-0.2, -0.15) is 5.10 Å². The second-order valence-electron chi connectivity index (χ2n) is 5.37. The van der Waals surface area contributed by atoms with E-state index in [0.29, 0.717) is 0 Å². The van der Waals surface area contributed by atoms with Crippen molar-refractivity contribution in [1.82, 2.24) is 9.78 Å². The molecule has 0 bridgehead atoms. The Balaban J connectivity index is 2.00. The normalized spacial score (nSPS) is 16.8. The third kappa shape index (κ3) is 2.82. The number of hydrogen-bond acceptors (Lipinski definition) is 2. The molecule has 1 aromatic rings. The minimum absolute atomic E-state index is 0.869. The number of nitrogen functional groups attached to an aromatic ring is 1. The molecular formula is C14H25N3. The van der Waals surface area contributed by atoms with Gasteiger partial charge in [0.2, 0.25) is 0 Å². The van der Waals surface area contributed by atoms with Crippen molar-refractivity contribution in [2.45, 2.75) is 58.3 Å². The summed E-state index contributed by atoms with van der Waals surface area (Å²) < 4.78 is 1.84. The zero-order chi connectivity index (χ0) is 12.3. The van der Waals surface area contributed by atoms with Gasteiger partial charge in [0.15, 0.2) is 0 Å². The molecule has 96 valence electrons. The number of rotatable bonds is 5. The van der Waals surface area contributed by atoms with Crippen LogP contribution in [-0.4, -0.2) is 9.78 Å². The summed E-state index contributed by atoms with van der Waals surface area (Å²) in [5, 5.41) is 4.58. The largest absolute Gasteiger partial charge is 0.384 e. The molecule has 3 heteroatoms. The standard InChI is InChI=1S/C14H25N3/c1-3-6-12-13(16-17(2)14(12)15)10-9-11-7-4-5-8-11/h11H,3-10,15H2,1-2H3. The topological polar surface area (TPSA) is 43.8 Å². The summed E-state index contributed by atoms with van der Waals surface area (Å²) in [5.41, 5.74) is 8.62. The lowest BCUT2D eigenvalue weighted by Crippen LogP contribution is -2.00. The van der Waals surface area contributed by atoms with Crippen LogP contribution in [0.5, 0.6) is 0 Å². The molecule has 1 fully saturated rings. The molecule has 2 N–H and O–H groups in total. The lowest BCUT2D eigenvalue weighted by Gasteiger charge is -2.07. The minimum atomic E-state index is 0.869. The Morgan fingerprint density at radius 1 is 1.29 bits per heavy atom. The molecule has 1 heterocycles. The fourth-order valence-electron chi connectivity index (χ4n) is 3.00. The van der Waals surface area contributed by atoms with E-state index in [1.165, 1.54) is 43.4 Å². The number of aryl methyl sites for hydroxylation is 2. The summed E-state index contributed by atoms with van der Waals surface area (Å²) in [6.45, 7) is 2.20. The van der Waals surface area contributed by atoms with Crippen LogP contribution in [0.3, 0.4) is 0 Å². The Morgan fingerprint density at radius 3 is 2.65 bits per heavy atom. The van der Waals surface area contributed by atoms with Crippen LogP contribution < -0.4 is 5.73 Å². The van der Waals surface area contributed by atoms with Crippen LogP contribution in [0.15, 0.2) is 0 Å². The minimum Gasteiger partial charge on any atom is -0.384 e. The van der Waals surface area contributed by atoms with Crippen LogP contribution in [-0.2, 0) is 19.9 Å². The first kappa shape index (κ1) is 12.5. The Bertz CT molecular complexity index is 362. The van der Waals surface area contributed by atoms with Gasteiger partial charge in [0.1, 0.15) is 5.82 Å². The fraction of sp³-hybridized carbons (Fsp3) is 0.786. The molecule has 17 heavy (non-hydrogen) atoms. The van der Waals surface area contributed by atoms with E-state index in [4.69, 9.17) is 5.73 Å². The van der Waals surface area contributed by atoms with Gasteiger partial charge in [-0.15, -0.1) is 0 Å². The average molecular weight is 235 g/mol. The quantitative estimate of drug-likeness (QED) is 0.852. The van der Waals surface area contributed by atoms with Crippen LogP contribution >= 0.6 is 0 Å². The first-order valence-corrected chi connectivity index (χ1v) is 7.02. The van der Waals surface area contributed by atoms with Crippen LogP contribution in [0.4, 0.5) is 5.82 Å². The van der Waals surface area contributed by atoms with E-state index in [1.54, 1.807) is 0 Å². The second-order valence-corrected chi connectivity index (χ2v) is 5.37. The van der Waals surface area contributed by atoms with Gasteiger partial charge < -0.3 is 5.73 Å². The first-order valence-electron chi connectivity index (χ1n) is 7.02. The number of hydrogen-bond donors (Lipinski definition) is 1. The molecular weight excluding hydrogens is 210 g/mol. The molecule has 1 aromatic heterocycles. The molecule has 0 atom stereocenters. The maximum absolute atomic E-state index is 6.07. The molecule has 1 aliphatic rings. The molecule has 0 amide bonds. The maximum atomic E-state index is 6.07. The molecule has 0 radical (unpaired) electrons. The van der Waals surface area contributed by atoms with E-state index < -0.39 is 0 Å². The monoisotopic (exact) mass is 235 g/mol. The van der Waals surface area contributed by atoms with E-state index in [0.717, 1.165) is 31.0 Å². The van der Waals surface area contributed by atoms with E-state index in [2.05, 4.69) is 12.0 Å². The van der Waals surface area contributed by atoms with Gasteiger partial charge in [-0.3, -0.25) is 4.68 Å². The molecule has 0 aliphatic heterocycles. The molecule has 0 spiro atoms. The summed E-state index contributed by atoms with van der Waals surface area (Å²) >= 11 is 0. The van der Waals surface area contributed by atoms with Crippen molar-refractivity contribution in [3.63, 3.8) is 0 Å². The summed E-state index contributed by atoms with van der Waals surface area (Å²) in [6.07, 6.45) is 10.3. The lowest BCUT2D eigenvalue weighted by atomic mass is 9.98. The van der Waals surface area contributed by atoms with Crippen molar-refractivity contribution < 1.29 is 0 Å². The SMILES string of the molecule is CCCc1c(CCC2CCCC2)nn(C)c1N. The Kier molecular flexibility index (Phi) is 4.08. The first-order chi connectivity index (χ1) is 8.22. The van der Waals surface area contributed by atoms with Crippen molar-refractivity contribution in [1.29, 1.82) is 0 Å². The van der Waals surface area contributed by atoms with E-state index in [1.807, 2.05) is 11.7 Å². The molecule has 3 nitrogen and oxygen atoms in total. The number of aromatic nitrogens is 2. The Hall–Kier alpha value is -0.990. The van der Waals surface area contributed by atoms with Crippen LogP contribution in [0.1, 0.15) is 56.7 Å². The fourth-order valence-corrected chi connectivity index (χ4v) is 3.00. The predicted octanol–water partition coefficient (Wildman–Crippen LogP) is 3.08. The van der Waals surface area contributed by atoms with Crippen molar-refractivity contribution in [2.75, 3.05) is 5.73 Å². The maximum Gasteiger partial charge on any atom is 0.124 e. The van der Waals surface area contributed by atoms with Gasteiger partial charge in [-0.05, 0) is 25.2 Å². The number of nitrogens with zero attached hydrogens (tertiary/aromatic N) is 2. The molecule has 1 saturated carbocycles. The van der Waals surface area contributed by atoms with Crippen molar-refractivity contribution in [3.8, 4) is 0 Å². The molecule has 1 aliphatic carbocycles. The van der Waals surface area contributed by atoms with Crippen LogP contribution in [0.2, 0.25) is 0 Å². The number of anilines is 1. The highest BCUT2D eigenvalue weighted by Crippen LogP contribution is 2.29. The average Bonchev–Trinajstić information content (AvgIpc) is 2.91. The predicted molar refractivity (Wildman–Crippen MR) is 71.9 cm³/mol. The third-order valence-electron chi connectivity index (χ3n) is 4.04. The van der Waals surface area contributed by atoms with Crippen molar-refractivity contribution in [3.05, 3.63) is 11.3 Å². The van der Waals surface area contributed by atoms with Gasteiger partial charge in [0.25, 0.3) is 0 Å². The van der Waals surface area contributed by atoms with Gasteiger partial charge in [-0.1, -0.05) is 39.0 Å². The molecule has 0 unspecified atom stereocenters. The van der Waals surface area contributed by atoms with Crippen molar-refractivity contribution >= 4 is 5.82 Å². The molecule has 2 rings (SSSR count). The van der Waals surface area contributed by atoms with Gasteiger partial charge in [0, 0.05) is 12.6 Å². The number of nitrogens with two attached hydrogens (primary N) is 1. The second kappa shape index (κ2) is 5.56. The van der Waals surface area contributed by atoms with Crippen LogP contribution in [0.25, 0.3) is 0 Å². The molecule has 0 saturated heterocycles. The lowest BCUT2D eigenvalue weighted by molar-refractivity contribution is 0.498. The highest BCUT2D eigenvalue weighted by atomic mass is 15.3. The summed E-state index contributed by atoms with van der Waals surface area (Å²) in [7, 11) is 1.95.